The number of nitro benzene ring substituents is 1. The summed E-state index contributed by atoms with van der Waals surface area (Å²) in [6, 6.07) is 4.70. The largest absolute Gasteiger partial charge is 0.328 e. The van der Waals surface area contributed by atoms with Crippen LogP contribution in [0, 0.1) is 10.1 Å². The van der Waals surface area contributed by atoms with E-state index in [2.05, 4.69) is 5.43 Å². The summed E-state index contributed by atoms with van der Waals surface area (Å²) in [7, 11) is 0. The van der Waals surface area contributed by atoms with Crippen molar-refractivity contribution in [2.75, 3.05) is 5.43 Å². The average molecular weight is 291 g/mol. The minimum Gasteiger partial charge on any atom is -0.318 e. The van der Waals surface area contributed by atoms with Gasteiger partial charge in [-0.05, 0) is 25.5 Å². The van der Waals surface area contributed by atoms with Gasteiger partial charge in [0.05, 0.1) is 11.5 Å². The second kappa shape index (κ2) is 5.80. The summed E-state index contributed by atoms with van der Waals surface area (Å²) in [4.78, 5) is 22.6. The topological polar surface area (TPSA) is 108 Å². The molecule has 0 unspecified atom stereocenters. The van der Waals surface area contributed by atoms with Gasteiger partial charge in [0.1, 0.15) is 5.69 Å². The maximum Gasteiger partial charge on any atom is 0.328 e. The molecule has 8 heteroatoms. The SMILES string of the molecule is CC(C)n1ccn(Cc2ccc(NN)c([N+](=O)[O-])c2)c1=O. The van der Waals surface area contributed by atoms with Crippen molar-refractivity contribution in [1.29, 1.82) is 0 Å². The summed E-state index contributed by atoms with van der Waals surface area (Å²) in [6.07, 6.45) is 3.38. The Labute approximate surface area is 120 Å². The number of hydrazine groups is 1. The second-order valence-electron chi connectivity index (χ2n) is 4.96. The minimum absolute atomic E-state index is 0.0666. The third-order valence-corrected chi connectivity index (χ3v) is 3.20. The number of anilines is 1. The van der Waals surface area contributed by atoms with Crippen LogP contribution in [0.2, 0.25) is 0 Å². The monoisotopic (exact) mass is 291 g/mol. The van der Waals surface area contributed by atoms with E-state index < -0.39 is 4.92 Å². The molecule has 1 aromatic carbocycles. The molecular weight excluding hydrogens is 274 g/mol. The van der Waals surface area contributed by atoms with Crippen molar-refractivity contribution in [3.63, 3.8) is 0 Å². The lowest BCUT2D eigenvalue weighted by Crippen LogP contribution is -2.25. The van der Waals surface area contributed by atoms with Gasteiger partial charge in [0.2, 0.25) is 0 Å². The van der Waals surface area contributed by atoms with E-state index >= 15 is 0 Å². The molecule has 1 aromatic heterocycles. The molecule has 21 heavy (non-hydrogen) atoms. The summed E-state index contributed by atoms with van der Waals surface area (Å²) in [6.45, 7) is 4.10. The van der Waals surface area contributed by atoms with Gasteiger partial charge in [-0.3, -0.25) is 25.1 Å². The summed E-state index contributed by atoms with van der Waals surface area (Å²) in [5, 5.41) is 11.0. The number of nitrogens with zero attached hydrogens (tertiary/aromatic N) is 3. The Balaban J connectivity index is 2.34. The minimum atomic E-state index is -0.513. The molecule has 0 bridgehead atoms. The molecule has 0 fully saturated rings. The average Bonchev–Trinajstić information content (AvgIpc) is 2.80. The van der Waals surface area contributed by atoms with Gasteiger partial charge in [-0.25, -0.2) is 4.79 Å². The first kappa shape index (κ1) is 14.8. The van der Waals surface area contributed by atoms with Gasteiger partial charge in [0, 0.05) is 24.5 Å². The predicted octanol–water partition coefficient (Wildman–Crippen LogP) is 1.47. The zero-order valence-electron chi connectivity index (χ0n) is 11.8. The molecule has 0 aliphatic rings. The van der Waals surface area contributed by atoms with Gasteiger partial charge in [0.25, 0.3) is 5.69 Å². The molecule has 0 spiro atoms. The molecular formula is C13H17N5O3. The standard InChI is InChI=1S/C13H17N5O3/c1-9(2)17-6-5-16(13(17)19)8-10-3-4-11(15-14)12(7-10)18(20)21/h3-7,9,15H,8,14H2,1-2H3. The van der Waals surface area contributed by atoms with E-state index in [9.17, 15) is 14.9 Å². The van der Waals surface area contributed by atoms with Crippen molar-refractivity contribution in [3.8, 4) is 0 Å². The number of nitrogens with one attached hydrogen (secondary N) is 1. The number of benzene rings is 1. The molecule has 0 saturated heterocycles. The lowest BCUT2D eigenvalue weighted by atomic mass is 10.1. The van der Waals surface area contributed by atoms with Crippen LogP contribution in [0.4, 0.5) is 11.4 Å². The van der Waals surface area contributed by atoms with Gasteiger partial charge in [0.15, 0.2) is 0 Å². The number of hydrogen-bond donors (Lipinski definition) is 2. The molecule has 1 heterocycles. The second-order valence-corrected chi connectivity index (χ2v) is 4.96. The Hall–Kier alpha value is -2.61. The fourth-order valence-corrected chi connectivity index (χ4v) is 2.09. The molecule has 0 atom stereocenters. The highest BCUT2D eigenvalue weighted by atomic mass is 16.6. The van der Waals surface area contributed by atoms with Gasteiger partial charge in [-0.2, -0.15) is 0 Å². The summed E-state index contributed by atoms with van der Waals surface area (Å²) in [5.41, 5.74) is 2.91. The van der Waals surface area contributed by atoms with E-state index in [0.717, 1.165) is 0 Å². The van der Waals surface area contributed by atoms with E-state index in [-0.39, 0.29) is 29.7 Å². The van der Waals surface area contributed by atoms with E-state index in [1.807, 2.05) is 13.8 Å². The molecule has 3 N–H and O–H groups in total. The summed E-state index contributed by atoms with van der Waals surface area (Å²) >= 11 is 0. The number of nitrogen functional groups attached to an aromatic ring is 1. The molecule has 8 nitrogen and oxygen atoms in total. The molecule has 0 saturated carbocycles. The van der Waals surface area contributed by atoms with Crippen LogP contribution in [-0.2, 0) is 6.54 Å². The smallest absolute Gasteiger partial charge is 0.318 e. The zero-order chi connectivity index (χ0) is 15.6. The highest BCUT2D eigenvalue weighted by molar-refractivity contribution is 5.61. The molecule has 0 amide bonds. The van der Waals surface area contributed by atoms with E-state index in [0.29, 0.717) is 5.56 Å². The molecule has 0 aliphatic heterocycles. The number of hydrogen-bond acceptors (Lipinski definition) is 5. The maximum absolute atomic E-state index is 12.1. The van der Waals surface area contributed by atoms with Gasteiger partial charge >= 0.3 is 5.69 Å². The fourth-order valence-electron chi connectivity index (χ4n) is 2.09. The number of imidazole rings is 1. The lowest BCUT2D eigenvalue weighted by molar-refractivity contribution is -0.384. The highest BCUT2D eigenvalue weighted by Crippen LogP contribution is 2.24. The fraction of sp³-hybridized carbons (Fsp3) is 0.308. The van der Waals surface area contributed by atoms with Crippen LogP contribution < -0.4 is 17.0 Å². The predicted molar refractivity (Wildman–Crippen MR) is 79.1 cm³/mol. The normalized spacial score (nSPS) is 10.9. The van der Waals surface area contributed by atoms with Crippen LogP contribution in [-0.4, -0.2) is 14.1 Å². The van der Waals surface area contributed by atoms with Crippen LogP contribution in [0.25, 0.3) is 0 Å². The van der Waals surface area contributed by atoms with E-state index in [4.69, 9.17) is 5.84 Å². The van der Waals surface area contributed by atoms with Crippen LogP contribution in [0.15, 0.2) is 35.4 Å². The highest BCUT2D eigenvalue weighted by Gasteiger charge is 2.14. The zero-order valence-corrected chi connectivity index (χ0v) is 11.8. The van der Waals surface area contributed by atoms with Crippen LogP contribution in [0.1, 0.15) is 25.5 Å². The summed E-state index contributed by atoms with van der Waals surface area (Å²) in [5.74, 6) is 5.24. The first-order valence-corrected chi connectivity index (χ1v) is 6.45. The Bertz CT molecular complexity index is 717. The number of rotatable bonds is 5. The lowest BCUT2D eigenvalue weighted by Gasteiger charge is -2.07. The molecule has 2 aromatic rings. The van der Waals surface area contributed by atoms with Crippen LogP contribution in [0.5, 0.6) is 0 Å². The first-order chi connectivity index (χ1) is 9.93. The third-order valence-electron chi connectivity index (χ3n) is 3.20. The molecule has 0 radical (unpaired) electrons. The quantitative estimate of drug-likeness (QED) is 0.492. The third kappa shape index (κ3) is 2.95. The number of nitro groups is 1. The Kier molecular flexibility index (Phi) is 4.08. The van der Waals surface area contributed by atoms with Crippen molar-refractivity contribution >= 4 is 11.4 Å². The summed E-state index contributed by atoms with van der Waals surface area (Å²) < 4.78 is 3.11. The van der Waals surface area contributed by atoms with Crippen molar-refractivity contribution < 1.29 is 4.92 Å². The van der Waals surface area contributed by atoms with Crippen molar-refractivity contribution in [3.05, 3.63) is 56.8 Å². The Morgan fingerprint density at radius 2 is 2.10 bits per heavy atom. The van der Waals surface area contributed by atoms with Gasteiger partial charge < -0.3 is 5.43 Å². The van der Waals surface area contributed by atoms with Gasteiger partial charge in [-0.15, -0.1) is 0 Å². The van der Waals surface area contributed by atoms with E-state index in [1.165, 1.54) is 16.7 Å². The van der Waals surface area contributed by atoms with Crippen LogP contribution in [0.3, 0.4) is 0 Å². The Morgan fingerprint density at radius 3 is 2.62 bits per heavy atom. The molecule has 112 valence electrons. The van der Waals surface area contributed by atoms with E-state index in [1.54, 1.807) is 23.0 Å². The van der Waals surface area contributed by atoms with Crippen molar-refractivity contribution in [2.24, 2.45) is 5.84 Å². The molecule has 2 rings (SSSR count). The molecule has 0 aliphatic carbocycles. The first-order valence-electron chi connectivity index (χ1n) is 6.45. The van der Waals surface area contributed by atoms with Crippen molar-refractivity contribution in [1.82, 2.24) is 9.13 Å². The van der Waals surface area contributed by atoms with Crippen LogP contribution >= 0.6 is 0 Å². The Morgan fingerprint density at radius 1 is 1.38 bits per heavy atom. The van der Waals surface area contributed by atoms with Gasteiger partial charge in [-0.1, -0.05) is 6.07 Å². The number of aromatic nitrogens is 2. The number of nitrogens with two attached hydrogens (primary N) is 1. The maximum atomic E-state index is 12.1. The van der Waals surface area contributed by atoms with Crippen molar-refractivity contribution in [2.45, 2.75) is 26.4 Å².